The van der Waals surface area contributed by atoms with Gasteiger partial charge in [-0.3, -0.25) is 0 Å². The fraction of sp³-hybridized carbons (Fsp3) is 0.647. The second-order valence-electron chi connectivity index (χ2n) is 11.8. The molecule has 246 valence electrons. The Balaban J connectivity index is 1.49. The fourth-order valence-electron chi connectivity index (χ4n) is 5.92. The summed E-state index contributed by atoms with van der Waals surface area (Å²) in [5.41, 5.74) is 3.53. The summed E-state index contributed by atoms with van der Waals surface area (Å²) in [4.78, 5) is 2.36. The zero-order valence-corrected chi connectivity index (χ0v) is 26.9. The van der Waals surface area contributed by atoms with Gasteiger partial charge in [-0.25, -0.2) is 0 Å². The van der Waals surface area contributed by atoms with Crippen LogP contribution in [-0.2, 0) is 47.2 Å². The van der Waals surface area contributed by atoms with Gasteiger partial charge < -0.3 is 48.5 Å². The summed E-state index contributed by atoms with van der Waals surface area (Å²) in [5.74, 6) is 1.24. The largest absolute Gasteiger partial charge is 0.490 e. The van der Waals surface area contributed by atoms with E-state index in [-0.39, 0.29) is 19.3 Å². The summed E-state index contributed by atoms with van der Waals surface area (Å²) in [7, 11) is 5.02. The minimum Gasteiger partial charge on any atom is -0.490 e. The van der Waals surface area contributed by atoms with Crippen molar-refractivity contribution in [2.24, 2.45) is 5.92 Å². The second kappa shape index (κ2) is 18.0. The van der Waals surface area contributed by atoms with Gasteiger partial charge in [0.25, 0.3) is 0 Å². The zero-order chi connectivity index (χ0) is 31.2. The number of fused-ring (bicyclic) bond motifs is 1. The monoisotopic (exact) mass is 616 g/mol. The molecule has 1 fully saturated rings. The molecule has 4 rings (SSSR count). The van der Waals surface area contributed by atoms with Crippen LogP contribution < -0.4 is 15.0 Å². The van der Waals surface area contributed by atoms with E-state index in [0.717, 1.165) is 60.8 Å². The molecule has 2 aromatic carbocycles. The van der Waals surface area contributed by atoms with Crippen molar-refractivity contribution in [3.63, 3.8) is 0 Å². The van der Waals surface area contributed by atoms with Crippen LogP contribution in [-0.4, -0.2) is 104 Å². The predicted octanol–water partition coefficient (Wildman–Crippen LogP) is 3.52. The molecule has 2 aliphatic heterocycles. The molecule has 10 heteroatoms. The molecule has 0 amide bonds. The second-order valence-corrected chi connectivity index (χ2v) is 11.8. The number of rotatable bonds is 19. The van der Waals surface area contributed by atoms with E-state index in [0.29, 0.717) is 51.9 Å². The Bertz CT molecular complexity index is 1100. The van der Waals surface area contributed by atoms with E-state index in [2.05, 4.69) is 53.5 Å². The molecule has 4 atom stereocenters. The van der Waals surface area contributed by atoms with Crippen molar-refractivity contribution >= 4 is 5.69 Å². The number of piperidine rings is 1. The number of aliphatic hydroxyl groups is 1. The lowest BCUT2D eigenvalue weighted by atomic mass is 9.81. The maximum absolute atomic E-state index is 10.5. The van der Waals surface area contributed by atoms with Crippen molar-refractivity contribution in [3.05, 3.63) is 59.2 Å². The first-order valence-corrected chi connectivity index (χ1v) is 15.8. The first-order valence-electron chi connectivity index (χ1n) is 15.8. The summed E-state index contributed by atoms with van der Waals surface area (Å²) >= 11 is 0. The van der Waals surface area contributed by atoms with Crippen LogP contribution in [0.15, 0.2) is 42.5 Å². The first-order chi connectivity index (χ1) is 21.5. The maximum atomic E-state index is 10.5. The molecular formula is C34H52N2O8. The lowest BCUT2D eigenvalue weighted by Crippen LogP contribution is -2.55. The Morgan fingerprint density at radius 1 is 0.977 bits per heavy atom. The van der Waals surface area contributed by atoms with E-state index in [9.17, 15) is 5.11 Å². The topological polar surface area (TPSA) is 100 Å². The molecule has 10 nitrogen and oxygen atoms in total. The highest BCUT2D eigenvalue weighted by molar-refractivity contribution is 5.61. The number of hydrogen-bond donors (Lipinski definition) is 2. The summed E-state index contributed by atoms with van der Waals surface area (Å²) in [6.45, 7) is 9.28. The van der Waals surface area contributed by atoms with Crippen molar-refractivity contribution in [3.8, 4) is 5.75 Å². The molecule has 0 bridgehead atoms. The third kappa shape index (κ3) is 9.61. The molecule has 44 heavy (non-hydrogen) atoms. The minimum atomic E-state index is -0.740. The van der Waals surface area contributed by atoms with Gasteiger partial charge in [0.05, 0.1) is 51.9 Å². The van der Waals surface area contributed by atoms with Crippen LogP contribution >= 0.6 is 0 Å². The van der Waals surface area contributed by atoms with Gasteiger partial charge in [0, 0.05) is 46.9 Å². The van der Waals surface area contributed by atoms with E-state index in [4.69, 9.17) is 33.2 Å². The van der Waals surface area contributed by atoms with E-state index in [1.54, 1.807) is 21.3 Å². The lowest BCUT2D eigenvalue weighted by molar-refractivity contribution is -0.185. The number of anilines is 1. The molecule has 2 heterocycles. The highest BCUT2D eigenvalue weighted by Crippen LogP contribution is 2.39. The quantitative estimate of drug-likeness (QED) is 0.228. The summed E-state index contributed by atoms with van der Waals surface area (Å²) in [6, 6.07) is 14.7. The van der Waals surface area contributed by atoms with E-state index >= 15 is 0 Å². The number of ether oxygens (including phenoxy) is 7. The smallest absolute Gasteiger partial charge is 0.142 e. The van der Waals surface area contributed by atoms with Crippen LogP contribution in [0, 0.1) is 5.92 Å². The van der Waals surface area contributed by atoms with Gasteiger partial charge in [-0.05, 0) is 48.2 Å². The molecule has 0 radical (unpaired) electrons. The molecule has 2 aromatic rings. The first kappa shape index (κ1) is 34.6. The Morgan fingerprint density at radius 3 is 2.55 bits per heavy atom. The standard InChI is InChI=1S/C34H52N2O8/c1-26(20-39-3)21-41-22-27-6-9-29(10-7-27)34(44-25-30(37)24-40-4)12-13-35-19-33(34)43-23-28-8-11-32-31(18-28)36(15-17-42-32)14-5-16-38-2/h6-11,18,26,30,33,35,37H,5,12-17,19-25H2,1-4H3/t26-,30-,33-,34-/m0/s1. The average Bonchev–Trinajstić information content (AvgIpc) is 3.04. The zero-order valence-electron chi connectivity index (χ0n) is 26.9. The SMILES string of the molecule is COCCCN1CCOc2ccc(CO[C@H]3CNCC[C@]3(OC[C@@H](O)COC)c3ccc(COC[C@@H](C)COC)cc3)cc21. The number of aliphatic hydroxyl groups excluding tert-OH is 1. The Morgan fingerprint density at radius 2 is 1.77 bits per heavy atom. The van der Waals surface area contributed by atoms with Crippen molar-refractivity contribution in [1.82, 2.24) is 5.32 Å². The van der Waals surface area contributed by atoms with Crippen molar-refractivity contribution in [1.29, 1.82) is 0 Å². The third-order valence-electron chi connectivity index (χ3n) is 8.19. The minimum absolute atomic E-state index is 0.141. The molecule has 0 aliphatic carbocycles. The van der Waals surface area contributed by atoms with E-state index < -0.39 is 11.7 Å². The number of methoxy groups -OCH3 is 3. The number of nitrogens with zero attached hydrogens (tertiary/aromatic N) is 1. The maximum Gasteiger partial charge on any atom is 0.142 e. The highest BCUT2D eigenvalue weighted by atomic mass is 16.6. The normalized spacial score (nSPS) is 21.5. The van der Waals surface area contributed by atoms with Gasteiger partial charge in [0.2, 0.25) is 0 Å². The average molecular weight is 617 g/mol. The molecule has 2 N–H and O–H groups in total. The molecule has 2 aliphatic rings. The van der Waals surface area contributed by atoms with Crippen LogP contribution in [0.25, 0.3) is 0 Å². The van der Waals surface area contributed by atoms with Crippen molar-refractivity contribution < 1.29 is 38.3 Å². The fourth-order valence-corrected chi connectivity index (χ4v) is 5.92. The number of benzene rings is 2. The van der Waals surface area contributed by atoms with Crippen LogP contribution in [0.5, 0.6) is 5.75 Å². The Labute approximate surface area is 262 Å². The molecule has 0 spiro atoms. The number of nitrogens with one attached hydrogen (secondary N) is 1. The molecule has 1 saturated heterocycles. The summed E-state index contributed by atoms with van der Waals surface area (Å²) < 4.78 is 40.8. The van der Waals surface area contributed by atoms with E-state index in [1.807, 2.05) is 6.07 Å². The van der Waals surface area contributed by atoms with E-state index in [1.165, 1.54) is 0 Å². The summed E-state index contributed by atoms with van der Waals surface area (Å²) in [5, 5.41) is 14.0. The van der Waals surface area contributed by atoms with Crippen LogP contribution in [0.3, 0.4) is 0 Å². The third-order valence-corrected chi connectivity index (χ3v) is 8.19. The molecule has 0 saturated carbocycles. The van der Waals surface area contributed by atoms with Gasteiger partial charge >= 0.3 is 0 Å². The van der Waals surface area contributed by atoms with Gasteiger partial charge in [-0.15, -0.1) is 0 Å². The Hall–Kier alpha value is -2.28. The molecule has 0 unspecified atom stereocenters. The Kier molecular flexibility index (Phi) is 14.2. The van der Waals surface area contributed by atoms with Crippen LogP contribution in [0.2, 0.25) is 0 Å². The molecule has 0 aromatic heterocycles. The highest BCUT2D eigenvalue weighted by Gasteiger charge is 2.45. The van der Waals surface area contributed by atoms with Gasteiger partial charge in [0.15, 0.2) is 0 Å². The summed E-state index contributed by atoms with van der Waals surface area (Å²) in [6.07, 6.45) is 0.636. The van der Waals surface area contributed by atoms with Gasteiger partial charge in [0.1, 0.15) is 30.2 Å². The predicted molar refractivity (Wildman–Crippen MR) is 169 cm³/mol. The van der Waals surface area contributed by atoms with Crippen LogP contribution in [0.4, 0.5) is 5.69 Å². The number of hydrogen-bond acceptors (Lipinski definition) is 10. The van der Waals surface area contributed by atoms with Crippen LogP contribution in [0.1, 0.15) is 36.5 Å². The van der Waals surface area contributed by atoms with Gasteiger partial charge in [-0.2, -0.15) is 0 Å². The molecular weight excluding hydrogens is 564 g/mol. The van der Waals surface area contributed by atoms with Gasteiger partial charge in [-0.1, -0.05) is 37.3 Å². The lowest BCUT2D eigenvalue weighted by Gasteiger charge is -2.44. The van der Waals surface area contributed by atoms with Crippen molar-refractivity contribution in [2.75, 3.05) is 92.0 Å². The van der Waals surface area contributed by atoms with Crippen molar-refractivity contribution in [2.45, 2.75) is 50.8 Å².